The van der Waals surface area contributed by atoms with E-state index in [1.165, 1.54) is 24.2 Å². The average Bonchev–Trinajstić information content (AvgIpc) is 2.82. The van der Waals surface area contributed by atoms with Gasteiger partial charge in [0.05, 0.1) is 0 Å². The van der Waals surface area contributed by atoms with Gasteiger partial charge in [-0.25, -0.2) is 0 Å². The van der Waals surface area contributed by atoms with Gasteiger partial charge in [0.2, 0.25) is 0 Å². The van der Waals surface area contributed by atoms with Crippen molar-refractivity contribution in [3.05, 3.63) is 22.4 Å². The van der Waals surface area contributed by atoms with E-state index in [9.17, 15) is 0 Å². The summed E-state index contributed by atoms with van der Waals surface area (Å²) < 4.78 is 0. The van der Waals surface area contributed by atoms with Gasteiger partial charge in [-0.1, -0.05) is 20.8 Å². The molecule has 0 saturated carbocycles. The summed E-state index contributed by atoms with van der Waals surface area (Å²) in [5, 5.41) is 8.84. The molecule has 0 bridgehead atoms. The molecule has 3 heteroatoms. The fraction of sp³-hybridized carbons (Fsp3) is 0.692. The third-order valence-electron chi connectivity index (χ3n) is 2.71. The zero-order valence-corrected chi connectivity index (χ0v) is 12.2. The molecule has 0 aliphatic heterocycles. The molecule has 1 heterocycles. The summed E-state index contributed by atoms with van der Waals surface area (Å²) >= 11 is 3.87. The van der Waals surface area contributed by atoms with Crippen LogP contribution in [0.5, 0.6) is 0 Å². The van der Waals surface area contributed by atoms with Crippen LogP contribution in [0, 0.1) is 0 Å². The van der Waals surface area contributed by atoms with E-state index in [1.54, 1.807) is 11.3 Å². The van der Waals surface area contributed by atoms with E-state index >= 15 is 0 Å². The molecule has 0 fully saturated rings. The lowest BCUT2D eigenvalue weighted by atomic mass is 10.2. The SMILES string of the molecule is CCCNC(CSC(C)CC)c1ccsc1. The molecule has 1 aromatic rings. The standard InChI is InChI=1S/C13H23NS2/c1-4-7-14-13(10-16-11(3)5-2)12-6-8-15-9-12/h6,8-9,11,13-14H,4-5,7,10H2,1-3H3. The fourth-order valence-corrected chi connectivity index (χ4v) is 3.22. The predicted octanol–water partition coefficient (Wildman–Crippen LogP) is 4.32. The molecule has 1 rings (SSSR count). The van der Waals surface area contributed by atoms with Crippen molar-refractivity contribution in [1.82, 2.24) is 5.32 Å². The second-order valence-electron chi connectivity index (χ2n) is 4.12. The zero-order valence-electron chi connectivity index (χ0n) is 10.5. The molecule has 2 atom stereocenters. The van der Waals surface area contributed by atoms with E-state index < -0.39 is 0 Å². The van der Waals surface area contributed by atoms with Crippen molar-refractivity contribution in [2.24, 2.45) is 0 Å². The summed E-state index contributed by atoms with van der Waals surface area (Å²) in [5.41, 5.74) is 1.45. The molecule has 1 N–H and O–H groups in total. The highest BCUT2D eigenvalue weighted by Crippen LogP contribution is 2.24. The molecule has 0 aliphatic rings. The Hall–Kier alpha value is 0.01000. The van der Waals surface area contributed by atoms with E-state index in [4.69, 9.17) is 0 Å². The first-order valence-corrected chi connectivity index (χ1v) is 8.14. The van der Waals surface area contributed by atoms with Crippen molar-refractivity contribution in [3.63, 3.8) is 0 Å². The first-order valence-electron chi connectivity index (χ1n) is 6.15. The van der Waals surface area contributed by atoms with Crippen LogP contribution in [0.2, 0.25) is 0 Å². The van der Waals surface area contributed by atoms with Gasteiger partial charge in [-0.05, 0) is 41.8 Å². The number of hydrogen-bond donors (Lipinski definition) is 1. The Morgan fingerprint density at radius 1 is 1.44 bits per heavy atom. The first-order chi connectivity index (χ1) is 7.77. The Morgan fingerprint density at radius 2 is 2.25 bits per heavy atom. The molecule has 92 valence electrons. The van der Waals surface area contributed by atoms with Gasteiger partial charge in [-0.15, -0.1) is 0 Å². The smallest absolute Gasteiger partial charge is 0.0420 e. The zero-order chi connectivity index (χ0) is 11.8. The van der Waals surface area contributed by atoms with Crippen LogP contribution in [-0.2, 0) is 0 Å². The van der Waals surface area contributed by atoms with Crippen LogP contribution in [0.15, 0.2) is 16.8 Å². The molecule has 2 unspecified atom stereocenters. The highest BCUT2D eigenvalue weighted by Gasteiger charge is 2.12. The molecule has 0 spiro atoms. The summed E-state index contributed by atoms with van der Waals surface area (Å²) in [6.07, 6.45) is 2.46. The van der Waals surface area contributed by atoms with Crippen molar-refractivity contribution in [2.45, 2.75) is 44.9 Å². The van der Waals surface area contributed by atoms with Gasteiger partial charge in [-0.2, -0.15) is 23.1 Å². The van der Waals surface area contributed by atoms with Crippen LogP contribution in [0.3, 0.4) is 0 Å². The minimum atomic E-state index is 0.533. The molecular weight excluding hydrogens is 234 g/mol. The van der Waals surface area contributed by atoms with E-state index in [0.29, 0.717) is 6.04 Å². The Labute approximate surface area is 108 Å². The van der Waals surface area contributed by atoms with Gasteiger partial charge >= 0.3 is 0 Å². The van der Waals surface area contributed by atoms with Crippen LogP contribution < -0.4 is 5.32 Å². The summed E-state index contributed by atoms with van der Waals surface area (Å²) in [7, 11) is 0. The molecule has 0 aliphatic carbocycles. The molecule has 1 aromatic heterocycles. The molecule has 0 aromatic carbocycles. The topological polar surface area (TPSA) is 12.0 Å². The van der Waals surface area contributed by atoms with Crippen molar-refractivity contribution >= 4 is 23.1 Å². The van der Waals surface area contributed by atoms with E-state index in [2.05, 4.69) is 54.7 Å². The van der Waals surface area contributed by atoms with E-state index in [-0.39, 0.29) is 0 Å². The van der Waals surface area contributed by atoms with Crippen LogP contribution in [0.25, 0.3) is 0 Å². The second-order valence-corrected chi connectivity index (χ2v) is 6.37. The van der Waals surface area contributed by atoms with Gasteiger partial charge in [0, 0.05) is 17.0 Å². The van der Waals surface area contributed by atoms with Crippen molar-refractivity contribution < 1.29 is 0 Å². The lowest BCUT2D eigenvalue weighted by Crippen LogP contribution is -2.24. The van der Waals surface area contributed by atoms with E-state index in [1.807, 2.05) is 0 Å². The maximum Gasteiger partial charge on any atom is 0.0420 e. The molecule has 0 saturated heterocycles. The largest absolute Gasteiger partial charge is 0.309 e. The van der Waals surface area contributed by atoms with Crippen LogP contribution in [-0.4, -0.2) is 17.5 Å². The average molecular weight is 257 g/mol. The second kappa shape index (κ2) is 8.15. The van der Waals surface area contributed by atoms with Crippen molar-refractivity contribution in [2.75, 3.05) is 12.3 Å². The lowest BCUT2D eigenvalue weighted by molar-refractivity contribution is 0.578. The monoisotopic (exact) mass is 257 g/mol. The number of thiophene rings is 1. The summed E-state index contributed by atoms with van der Waals surface area (Å²) in [6, 6.07) is 2.78. The van der Waals surface area contributed by atoms with Gasteiger partial charge in [0.25, 0.3) is 0 Å². The third-order valence-corrected chi connectivity index (χ3v) is 4.84. The minimum Gasteiger partial charge on any atom is -0.309 e. The lowest BCUT2D eigenvalue weighted by Gasteiger charge is -2.19. The predicted molar refractivity (Wildman–Crippen MR) is 77.6 cm³/mol. The highest BCUT2D eigenvalue weighted by atomic mass is 32.2. The third kappa shape index (κ3) is 4.89. The van der Waals surface area contributed by atoms with Crippen LogP contribution >= 0.6 is 23.1 Å². The Bertz CT molecular complexity index is 259. The number of rotatable bonds is 8. The molecule has 16 heavy (non-hydrogen) atoms. The summed E-state index contributed by atoms with van der Waals surface area (Å²) in [4.78, 5) is 0. The fourth-order valence-electron chi connectivity index (χ4n) is 1.44. The maximum atomic E-state index is 3.64. The quantitative estimate of drug-likeness (QED) is 0.744. The Morgan fingerprint density at radius 3 is 2.81 bits per heavy atom. The molecule has 0 radical (unpaired) electrons. The minimum absolute atomic E-state index is 0.533. The summed E-state index contributed by atoms with van der Waals surface area (Å²) in [6.45, 7) is 7.91. The summed E-state index contributed by atoms with van der Waals surface area (Å²) in [5.74, 6) is 1.19. The molecular formula is C13H23NS2. The van der Waals surface area contributed by atoms with Gasteiger partial charge in [-0.3, -0.25) is 0 Å². The first kappa shape index (κ1) is 14.1. The molecule has 1 nitrogen and oxygen atoms in total. The maximum absolute atomic E-state index is 3.64. The number of nitrogens with one attached hydrogen (secondary N) is 1. The van der Waals surface area contributed by atoms with Crippen molar-refractivity contribution in [3.8, 4) is 0 Å². The van der Waals surface area contributed by atoms with Gasteiger partial charge in [0.1, 0.15) is 0 Å². The highest BCUT2D eigenvalue weighted by molar-refractivity contribution is 7.99. The number of thioether (sulfide) groups is 1. The Balaban J connectivity index is 2.44. The van der Waals surface area contributed by atoms with Crippen LogP contribution in [0.1, 0.15) is 45.2 Å². The Kier molecular flexibility index (Phi) is 7.17. The van der Waals surface area contributed by atoms with E-state index in [0.717, 1.165) is 11.8 Å². The normalized spacial score (nSPS) is 14.9. The van der Waals surface area contributed by atoms with Crippen molar-refractivity contribution in [1.29, 1.82) is 0 Å². The van der Waals surface area contributed by atoms with Gasteiger partial charge in [0.15, 0.2) is 0 Å². The molecule has 0 amide bonds. The van der Waals surface area contributed by atoms with Gasteiger partial charge < -0.3 is 5.32 Å². The number of hydrogen-bond acceptors (Lipinski definition) is 3. The van der Waals surface area contributed by atoms with Crippen LogP contribution in [0.4, 0.5) is 0 Å².